The molecule has 0 bridgehead atoms. The first-order valence-electron chi connectivity index (χ1n) is 6.19. The Hall–Kier alpha value is -2.46. The third-order valence-corrected chi connectivity index (χ3v) is 3.16. The van der Waals surface area contributed by atoms with E-state index in [9.17, 15) is 9.18 Å². The van der Waals surface area contributed by atoms with Gasteiger partial charge in [-0.3, -0.25) is 4.79 Å². The predicted octanol–water partition coefficient (Wildman–Crippen LogP) is 3.45. The maximum Gasteiger partial charge on any atom is 0.219 e. The second-order valence-corrected chi connectivity index (χ2v) is 4.55. The SMILES string of the molecule is NC(C(=O)c1cc2cc(F)ccc2o1)c1ccccc1. The largest absolute Gasteiger partial charge is 0.453 e. The minimum absolute atomic E-state index is 0.141. The van der Waals surface area contributed by atoms with Crippen molar-refractivity contribution in [2.45, 2.75) is 6.04 Å². The monoisotopic (exact) mass is 269 g/mol. The van der Waals surface area contributed by atoms with Crippen LogP contribution in [0, 0.1) is 5.82 Å². The van der Waals surface area contributed by atoms with Gasteiger partial charge in [0.2, 0.25) is 5.78 Å². The van der Waals surface area contributed by atoms with Crippen LogP contribution in [0.4, 0.5) is 4.39 Å². The van der Waals surface area contributed by atoms with E-state index in [1.165, 1.54) is 24.3 Å². The summed E-state index contributed by atoms with van der Waals surface area (Å²) in [6.45, 7) is 0. The van der Waals surface area contributed by atoms with E-state index in [0.717, 1.165) is 0 Å². The molecule has 2 N–H and O–H groups in total. The van der Waals surface area contributed by atoms with Crippen LogP contribution in [0.15, 0.2) is 59.0 Å². The summed E-state index contributed by atoms with van der Waals surface area (Å²) in [4.78, 5) is 12.3. The van der Waals surface area contributed by atoms with Crippen LogP contribution < -0.4 is 5.73 Å². The van der Waals surface area contributed by atoms with Crippen LogP contribution in [0.2, 0.25) is 0 Å². The molecular formula is C16H12FNO2. The number of benzene rings is 2. The van der Waals surface area contributed by atoms with Crippen LogP contribution in [0.3, 0.4) is 0 Å². The van der Waals surface area contributed by atoms with Crippen molar-refractivity contribution in [3.63, 3.8) is 0 Å². The zero-order valence-corrected chi connectivity index (χ0v) is 10.5. The van der Waals surface area contributed by atoms with E-state index in [4.69, 9.17) is 10.2 Å². The smallest absolute Gasteiger partial charge is 0.219 e. The first kappa shape index (κ1) is 12.6. The Morgan fingerprint density at radius 1 is 1.10 bits per heavy atom. The summed E-state index contributed by atoms with van der Waals surface area (Å²) < 4.78 is 18.6. The fourth-order valence-corrected chi connectivity index (χ4v) is 2.10. The molecule has 2 aromatic carbocycles. The number of furan rings is 1. The highest BCUT2D eigenvalue weighted by Gasteiger charge is 2.21. The average Bonchev–Trinajstić information content (AvgIpc) is 2.89. The molecule has 3 aromatic rings. The highest BCUT2D eigenvalue weighted by molar-refractivity contribution is 6.01. The molecule has 0 radical (unpaired) electrons. The molecule has 1 aromatic heterocycles. The maximum atomic E-state index is 13.1. The fourth-order valence-electron chi connectivity index (χ4n) is 2.10. The fraction of sp³-hybridized carbons (Fsp3) is 0.0625. The molecule has 20 heavy (non-hydrogen) atoms. The van der Waals surface area contributed by atoms with Crippen molar-refractivity contribution >= 4 is 16.8 Å². The Kier molecular flexibility index (Phi) is 3.08. The quantitative estimate of drug-likeness (QED) is 0.741. The number of halogens is 1. The van der Waals surface area contributed by atoms with E-state index < -0.39 is 6.04 Å². The van der Waals surface area contributed by atoms with Gasteiger partial charge in [0, 0.05) is 5.39 Å². The normalized spacial score (nSPS) is 12.5. The zero-order chi connectivity index (χ0) is 14.1. The minimum atomic E-state index is -0.790. The van der Waals surface area contributed by atoms with Crippen molar-refractivity contribution in [3.8, 4) is 0 Å². The van der Waals surface area contributed by atoms with Gasteiger partial charge >= 0.3 is 0 Å². The van der Waals surface area contributed by atoms with Gasteiger partial charge in [-0.25, -0.2) is 4.39 Å². The highest BCUT2D eigenvalue weighted by atomic mass is 19.1. The van der Waals surface area contributed by atoms with Crippen LogP contribution in [-0.2, 0) is 0 Å². The summed E-state index contributed by atoms with van der Waals surface area (Å²) in [5.41, 5.74) is 7.12. The minimum Gasteiger partial charge on any atom is -0.453 e. The summed E-state index contributed by atoms with van der Waals surface area (Å²) in [5.74, 6) is -0.556. The Bertz CT molecular complexity index is 765. The number of hydrogen-bond donors (Lipinski definition) is 1. The number of carbonyl (C=O) groups is 1. The molecule has 3 rings (SSSR count). The lowest BCUT2D eigenvalue weighted by molar-refractivity contribution is 0.0936. The summed E-state index contributed by atoms with van der Waals surface area (Å²) in [6.07, 6.45) is 0. The standard InChI is InChI=1S/C16H12FNO2/c17-12-6-7-13-11(8-12)9-14(20-13)16(19)15(18)10-4-2-1-3-5-10/h1-9,15H,18H2. The second kappa shape index (κ2) is 4.90. The Labute approximate surface area is 114 Å². The van der Waals surface area contributed by atoms with Gasteiger partial charge < -0.3 is 10.2 Å². The molecule has 0 fully saturated rings. The molecule has 0 saturated heterocycles. The van der Waals surface area contributed by atoms with Gasteiger partial charge in [0.25, 0.3) is 0 Å². The van der Waals surface area contributed by atoms with Crippen molar-refractivity contribution in [1.82, 2.24) is 0 Å². The second-order valence-electron chi connectivity index (χ2n) is 4.55. The van der Waals surface area contributed by atoms with Crippen molar-refractivity contribution < 1.29 is 13.6 Å². The number of Topliss-reactive ketones (excluding diaryl/α,β-unsaturated/α-hetero) is 1. The Morgan fingerprint density at radius 3 is 2.60 bits per heavy atom. The molecule has 0 saturated carbocycles. The van der Waals surface area contributed by atoms with Crippen LogP contribution in [0.5, 0.6) is 0 Å². The lowest BCUT2D eigenvalue weighted by Gasteiger charge is -2.08. The molecule has 0 aliphatic carbocycles. The van der Waals surface area contributed by atoms with E-state index in [1.54, 1.807) is 12.1 Å². The summed E-state index contributed by atoms with van der Waals surface area (Å²) in [5, 5.41) is 0.550. The molecule has 0 spiro atoms. The van der Waals surface area contributed by atoms with E-state index >= 15 is 0 Å². The number of rotatable bonds is 3. The van der Waals surface area contributed by atoms with Crippen molar-refractivity contribution in [2.75, 3.05) is 0 Å². The van der Waals surface area contributed by atoms with E-state index in [-0.39, 0.29) is 17.4 Å². The first-order chi connectivity index (χ1) is 9.65. The third kappa shape index (κ3) is 2.21. The number of carbonyl (C=O) groups excluding carboxylic acids is 1. The van der Waals surface area contributed by atoms with Gasteiger partial charge in [0.15, 0.2) is 5.76 Å². The van der Waals surface area contributed by atoms with Gasteiger partial charge in [0.1, 0.15) is 11.4 Å². The third-order valence-electron chi connectivity index (χ3n) is 3.16. The van der Waals surface area contributed by atoms with Gasteiger partial charge in [0.05, 0.1) is 6.04 Å². The summed E-state index contributed by atoms with van der Waals surface area (Å²) >= 11 is 0. The molecule has 3 nitrogen and oxygen atoms in total. The van der Waals surface area contributed by atoms with Crippen LogP contribution in [0.1, 0.15) is 22.2 Å². The first-order valence-corrected chi connectivity index (χ1v) is 6.19. The van der Waals surface area contributed by atoms with Gasteiger partial charge in [-0.1, -0.05) is 30.3 Å². The summed E-state index contributed by atoms with van der Waals surface area (Å²) in [7, 11) is 0. The van der Waals surface area contributed by atoms with Gasteiger partial charge in [-0.05, 0) is 29.8 Å². The molecule has 1 unspecified atom stereocenters. The van der Waals surface area contributed by atoms with Crippen LogP contribution in [-0.4, -0.2) is 5.78 Å². The van der Waals surface area contributed by atoms with Gasteiger partial charge in [-0.2, -0.15) is 0 Å². The Morgan fingerprint density at radius 2 is 1.85 bits per heavy atom. The molecule has 0 aliphatic heterocycles. The lowest BCUT2D eigenvalue weighted by Crippen LogP contribution is -2.20. The number of nitrogens with two attached hydrogens (primary N) is 1. The molecule has 100 valence electrons. The maximum absolute atomic E-state index is 13.1. The van der Waals surface area contributed by atoms with Crippen LogP contribution >= 0.6 is 0 Å². The van der Waals surface area contributed by atoms with E-state index in [0.29, 0.717) is 16.5 Å². The molecule has 0 aliphatic rings. The van der Waals surface area contributed by atoms with Crippen molar-refractivity contribution in [1.29, 1.82) is 0 Å². The molecule has 1 heterocycles. The number of hydrogen-bond acceptors (Lipinski definition) is 3. The number of ketones is 1. The zero-order valence-electron chi connectivity index (χ0n) is 10.5. The average molecular weight is 269 g/mol. The van der Waals surface area contributed by atoms with Crippen molar-refractivity contribution in [3.05, 3.63) is 71.7 Å². The number of fused-ring (bicyclic) bond motifs is 1. The predicted molar refractivity (Wildman–Crippen MR) is 73.9 cm³/mol. The molecule has 4 heteroatoms. The van der Waals surface area contributed by atoms with Crippen molar-refractivity contribution in [2.24, 2.45) is 5.73 Å². The van der Waals surface area contributed by atoms with Crippen LogP contribution in [0.25, 0.3) is 11.0 Å². The highest BCUT2D eigenvalue weighted by Crippen LogP contribution is 2.24. The van der Waals surface area contributed by atoms with E-state index in [1.807, 2.05) is 18.2 Å². The molecular weight excluding hydrogens is 257 g/mol. The summed E-state index contributed by atoms with van der Waals surface area (Å²) in [6, 6.07) is 13.9. The lowest BCUT2D eigenvalue weighted by atomic mass is 10.0. The van der Waals surface area contributed by atoms with E-state index in [2.05, 4.69) is 0 Å². The Balaban J connectivity index is 1.96. The topological polar surface area (TPSA) is 56.2 Å². The molecule has 1 atom stereocenters. The molecule has 0 amide bonds. The van der Waals surface area contributed by atoms with Gasteiger partial charge in [-0.15, -0.1) is 0 Å².